The Balaban J connectivity index is 2.44. The second-order valence-corrected chi connectivity index (χ2v) is 5.13. The highest BCUT2D eigenvalue weighted by Crippen LogP contribution is 2.22. The van der Waals surface area contributed by atoms with Gasteiger partial charge in [0.25, 0.3) is 0 Å². The zero-order valence-electron chi connectivity index (χ0n) is 9.82. The van der Waals surface area contributed by atoms with Gasteiger partial charge < -0.3 is 10.5 Å². The van der Waals surface area contributed by atoms with Crippen molar-refractivity contribution in [1.29, 1.82) is 0 Å². The van der Waals surface area contributed by atoms with Crippen LogP contribution in [0.25, 0.3) is 0 Å². The molecule has 1 aromatic rings. The predicted molar refractivity (Wildman–Crippen MR) is 66.3 cm³/mol. The van der Waals surface area contributed by atoms with Crippen molar-refractivity contribution in [3.05, 3.63) is 22.4 Å². The van der Waals surface area contributed by atoms with Gasteiger partial charge in [0.15, 0.2) is 0 Å². The molecule has 0 amide bonds. The van der Waals surface area contributed by atoms with Gasteiger partial charge in [-0.15, -0.1) is 11.3 Å². The molecule has 0 spiro atoms. The molecule has 0 aliphatic rings. The molecule has 0 aromatic carbocycles. The Morgan fingerprint density at radius 2 is 2.33 bits per heavy atom. The van der Waals surface area contributed by atoms with Crippen molar-refractivity contribution in [3.63, 3.8) is 0 Å². The average Bonchev–Trinajstić information content (AvgIpc) is 2.77. The minimum Gasteiger partial charge on any atom is -0.377 e. The summed E-state index contributed by atoms with van der Waals surface area (Å²) in [5, 5.41) is 2.11. The third kappa shape index (κ3) is 3.30. The second kappa shape index (κ2) is 5.64. The van der Waals surface area contributed by atoms with E-state index in [2.05, 4.69) is 31.4 Å². The van der Waals surface area contributed by atoms with Gasteiger partial charge in [0.05, 0.1) is 5.60 Å². The molecule has 1 rings (SSSR count). The van der Waals surface area contributed by atoms with Crippen molar-refractivity contribution in [2.45, 2.75) is 44.8 Å². The Bertz CT molecular complexity index is 267. The van der Waals surface area contributed by atoms with Gasteiger partial charge in [-0.3, -0.25) is 0 Å². The van der Waals surface area contributed by atoms with Crippen LogP contribution in [-0.4, -0.2) is 18.8 Å². The Labute approximate surface area is 96.4 Å². The van der Waals surface area contributed by atoms with E-state index in [-0.39, 0.29) is 11.6 Å². The summed E-state index contributed by atoms with van der Waals surface area (Å²) >= 11 is 1.79. The van der Waals surface area contributed by atoms with Crippen LogP contribution in [0.15, 0.2) is 17.5 Å². The fourth-order valence-electron chi connectivity index (χ4n) is 1.62. The number of nitrogens with two attached hydrogens (primary N) is 1. The van der Waals surface area contributed by atoms with Crippen LogP contribution in [0.4, 0.5) is 0 Å². The third-order valence-corrected chi connectivity index (χ3v) is 4.17. The fraction of sp³-hybridized carbons (Fsp3) is 0.667. The van der Waals surface area contributed by atoms with Crippen LogP contribution in [0.3, 0.4) is 0 Å². The molecule has 0 saturated carbocycles. The van der Waals surface area contributed by atoms with Gasteiger partial charge in [-0.2, -0.15) is 0 Å². The number of ether oxygens (including phenoxy) is 1. The van der Waals surface area contributed by atoms with Crippen molar-refractivity contribution in [2.24, 2.45) is 5.73 Å². The molecule has 0 aliphatic carbocycles. The maximum atomic E-state index is 6.17. The minimum absolute atomic E-state index is 0.106. The highest BCUT2D eigenvalue weighted by molar-refractivity contribution is 7.09. The quantitative estimate of drug-likeness (QED) is 0.811. The van der Waals surface area contributed by atoms with Crippen molar-refractivity contribution in [1.82, 2.24) is 0 Å². The van der Waals surface area contributed by atoms with Gasteiger partial charge in [0.1, 0.15) is 0 Å². The van der Waals surface area contributed by atoms with E-state index in [1.54, 1.807) is 18.4 Å². The van der Waals surface area contributed by atoms with Crippen molar-refractivity contribution >= 4 is 11.3 Å². The first kappa shape index (κ1) is 12.7. The second-order valence-electron chi connectivity index (χ2n) is 4.09. The van der Waals surface area contributed by atoms with Crippen molar-refractivity contribution in [2.75, 3.05) is 7.11 Å². The Morgan fingerprint density at radius 3 is 2.80 bits per heavy atom. The summed E-state index contributed by atoms with van der Waals surface area (Å²) in [6.45, 7) is 4.21. The number of hydrogen-bond acceptors (Lipinski definition) is 3. The molecule has 0 radical (unpaired) electrons. The first-order valence-electron chi connectivity index (χ1n) is 5.45. The van der Waals surface area contributed by atoms with E-state index in [9.17, 15) is 0 Å². The standard InChI is InChI=1S/C12H21NOS/c1-4-12(2,14-3)11(13)8-7-10-6-5-9-15-10/h5-6,9,11H,4,7-8,13H2,1-3H3. The summed E-state index contributed by atoms with van der Waals surface area (Å²) in [6, 6.07) is 4.35. The van der Waals surface area contributed by atoms with Crippen LogP contribution >= 0.6 is 11.3 Å². The van der Waals surface area contributed by atoms with Gasteiger partial charge >= 0.3 is 0 Å². The summed E-state index contributed by atoms with van der Waals surface area (Å²) in [5.74, 6) is 0. The SMILES string of the molecule is CCC(C)(OC)C(N)CCc1cccs1. The molecular weight excluding hydrogens is 206 g/mol. The predicted octanol–water partition coefficient (Wildman–Crippen LogP) is 2.82. The lowest BCUT2D eigenvalue weighted by atomic mass is 9.90. The summed E-state index contributed by atoms with van der Waals surface area (Å²) in [5.41, 5.74) is 5.99. The zero-order valence-corrected chi connectivity index (χ0v) is 10.6. The number of aryl methyl sites for hydroxylation is 1. The summed E-state index contributed by atoms with van der Waals surface area (Å²) < 4.78 is 5.50. The maximum absolute atomic E-state index is 6.17. The minimum atomic E-state index is -0.183. The monoisotopic (exact) mass is 227 g/mol. The molecule has 1 aromatic heterocycles. The lowest BCUT2D eigenvalue weighted by molar-refractivity contribution is -0.0204. The van der Waals surface area contributed by atoms with Crippen molar-refractivity contribution in [3.8, 4) is 0 Å². The van der Waals surface area contributed by atoms with Crippen LogP contribution in [-0.2, 0) is 11.2 Å². The van der Waals surface area contributed by atoms with Gasteiger partial charge in [-0.1, -0.05) is 13.0 Å². The fourth-order valence-corrected chi connectivity index (χ4v) is 2.34. The maximum Gasteiger partial charge on any atom is 0.0798 e. The number of rotatable bonds is 6. The van der Waals surface area contributed by atoms with E-state index < -0.39 is 0 Å². The summed E-state index contributed by atoms with van der Waals surface area (Å²) in [4.78, 5) is 1.40. The van der Waals surface area contributed by atoms with Crippen LogP contribution in [0, 0.1) is 0 Å². The number of methoxy groups -OCH3 is 1. The Kier molecular flexibility index (Phi) is 4.77. The average molecular weight is 227 g/mol. The van der Waals surface area contributed by atoms with E-state index in [1.165, 1.54) is 4.88 Å². The van der Waals surface area contributed by atoms with E-state index in [4.69, 9.17) is 10.5 Å². The van der Waals surface area contributed by atoms with E-state index in [0.717, 1.165) is 19.3 Å². The van der Waals surface area contributed by atoms with Gasteiger partial charge in [-0.05, 0) is 37.6 Å². The van der Waals surface area contributed by atoms with Crippen LogP contribution in [0.5, 0.6) is 0 Å². The van der Waals surface area contributed by atoms with Gasteiger partial charge in [0.2, 0.25) is 0 Å². The first-order valence-corrected chi connectivity index (χ1v) is 6.33. The molecule has 2 nitrogen and oxygen atoms in total. The lowest BCUT2D eigenvalue weighted by Gasteiger charge is -2.33. The molecule has 86 valence electrons. The zero-order chi connectivity index (χ0) is 11.3. The lowest BCUT2D eigenvalue weighted by Crippen LogP contribution is -2.46. The van der Waals surface area contributed by atoms with Crippen LogP contribution < -0.4 is 5.73 Å². The smallest absolute Gasteiger partial charge is 0.0798 e. The normalized spacial score (nSPS) is 17.3. The first-order chi connectivity index (χ1) is 7.12. The molecule has 0 saturated heterocycles. The van der Waals surface area contributed by atoms with Gasteiger partial charge in [0, 0.05) is 18.0 Å². The molecule has 0 aliphatic heterocycles. The summed E-state index contributed by atoms with van der Waals surface area (Å²) in [6.07, 6.45) is 2.99. The molecule has 2 unspecified atom stereocenters. The molecule has 2 atom stereocenters. The molecule has 1 heterocycles. The molecule has 3 heteroatoms. The van der Waals surface area contributed by atoms with Crippen LogP contribution in [0.1, 0.15) is 31.6 Å². The highest BCUT2D eigenvalue weighted by atomic mass is 32.1. The van der Waals surface area contributed by atoms with E-state index in [0.29, 0.717) is 0 Å². The largest absolute Gasteiger partial charge is 0.377 e. The molecule has 0 bridgehead atoms. The molecular formula is C12H21NOS. The highest BCUT2D eigenvalue weighted by Gasteiger charge is 2.29. The Hall–Kier alpha value is -0.380. The van der Waals surface area contributed by atoms with Gasteiger partial charge in [-0.25, -0.2) is 0 Å². The van der Waals surface area contributed by atoms with E-state index >= 15 is 0 Å². The Morgan fingerprint density at radius 1 is 1.60 bits per heavy atom. The van der Waals surface area contributed by atoms with E-state index in [1.807, 2.05) is 0 Å². The number of hydrogen-bond donors (Lipinski definition) is 1. The van der Waals surface area contributed by atoms with Crippen LogP contribution in [0.2, 0.25) is 0 Å². The molecule has 15 heavy (non-hydrogen) atoms. The van der Waals surface area contributed by atoms with Crippen molar-refractivity contribution < 1.29 is 4.74 Å². The molecule has 0 fully saturated rings. The topological polar surface area (TPSA) is 35.2 Å². The molecule has 2 N–H and O–H groups in total. The number of thiophene rings is 1. The summed E-state index contributed by atoms with van der Waals surface area (Å²) in [7, 11) is 1.74. The third-order valence-electron chi connectivity index (χ3n) is 3.23.